The standard InChI is InChI=1S/C14H16O7/c1-3-19-14(17)9(13(15)16)4-8-5-11-12(21-7-20-11)6-10(8)18-2/h5-6,9H,3-4,7H2,1-2H3,(H,15,16). The van der Waals surface area contributed by atoms with Gasteiger partial charge in [0.05, 0.1) is 13.7 Å². The quantitative estimate of drug-likeness (QED) is 0.623. The molecule has 2 rings (SSSR count). The molecule has 0 spiro atoms. The molecular weight excluding hydrogens is 280 g/mol. The molecule has 1 unspecified atom stereocenters. The molecule has 0 saturated heterocycles. The zero-order valence-electron chi connectivity index (χ0n) is 11.8. The summed E-state index contributed by atoms with van der Waals surface area (Å²) < 4.78 is 20.5. The zero-order chi connectivity index (χ0) is 15.4. The predicted molar refractivity (Wildman–Crippen MR) is 70.6 cm³/mol. The molecule has 0 saturated carbocycles. The molecule has 1 aromatic rings. The molecule has 21 heavy (non-hydrogen) atoms. The lowest BCUT2D eigenvalue weighted by atomic mass is 9.98. The average molecular weight is 296 g/mol. The largest absolute Gasteiger partial charge is 0.496 e. The summed E-state index contributed by atoms with van der Waals surface area (Å²) in [4.78, 5) is 23.0. The number of hydrogen-bond donors (Lipinski definition) is 1. The molecule has 0 aromatic heterocycles. The molecular formula is C14H16O7. The number of carboxylic acid groups (broad SMARTS) is 1. The van der Waals surface area contributed by atoms with Crippen LogP contribution in [-0.4, -0.2) is 37.6 Å². The summed E-state index contributed by atoms with van der Waals surface area (Å²) in [5.74, 6) is -1.84. The molecule has 7 nitrogen and oxygen atoms in total. The van der Waals surface area contributed by atoms with Crippen LogP contribution in [-0.2, 0) is 20.7 Å². The first-order valence-electron chi connectivity index (χ1n) is 6.42. The van der Waals surface area contributed by atoms with Crippen molar-refractivity contribution in [3.05, 3.63) is 17.7 Å². The summed E-state index contributed by atoms with van der Waals surface area (Å²) in [7, 11) is 1.46. The van der Waals surface area contributed by atoms with E-state index in [9.17, 15) is 14.7 Å². The molecule has 1 aliphatic rings. The van der Waals surface area contributed by atoms with Crippen molar-refractivity contribution in [2.45, 2.75) is 13.3 Å². The molecule has 0 fully saturated rings. The van der Waals surface area contributed by atoms with Crippen LogP contribution in [0.25, 0.3) is 0 Å². The van der Waals surface area contributed by atoms with Gasteiger partial charge in [0.1, 0.15) is 5.75 Å². The Hall–Kier alpha value is -2.44. The van der Waals surface area contributed by atoms with Gasteiger partial charge in [-0.25, -0.2) is 0 Å². The Balaban J connectivity index is 2.28. The van der Waals surface area contributed by atoms with Gasteiger partial charge >= 0.3 is 11.9 Å². The molecule has 0 aliphatic carbocycles. The van der Waals surface area contributed by atoms with Gasteiger partial charge in [0.15, 0.2) is 17.4 Å². The topological polar surface area (TPSA) is 91.3 Å². The second-order valence-electron chi connectivity index (χ2n) is 4.36. The van der Waals surface area contributed by atoms with Crippen LogP contribution in [0.1, 0.15) is 12.5 Å². The van der Waals surface area contributed by atoms with Crippen molar-refractivity contribution >= 4 is 11.9 Å². The number of hydrogen-bond acceptors (Lipinski definition) is 6. The third kappa shape index (κ3) is 3.18. The minimum atomic E-state index is -1.29. The van der Waals surface area contributed by atoms with E-state index in [1.807, 2.05) is 0 Å². The fourth-order valence-corrected chi connectivity index (χ4v) is 2.05. The maximum Gasteiger partial charge on any atom is 0.320 e. The summed E-state index contributed by atoms with van der Waals surface area (Å²) in [5.41, 5.74) is 0.544. The number of aliphatic carboxylic acids is 1. The van der Waals surface area contributed by atoms with Gasteiger partial charge in [-0.2, -0.15) is 0 Å². The Morgan fingerprint density at radius 2 is 2.00 bits per heavy atom. The molecule has 0 bridgehead atoms. The minimum absolute atomic E-state index is 0.0476. The van der Waals surface area contributed by atoms with E-state index in [1.54, 1.807) is 19.1 Å². The first-order valence-corrected chi connectivity index (χ1v) is 6.42. The van der Waals surface area contributed by atoms with E-state index in [2.05, 4.69) is 0 Å². The molecule has 7 heteroatoms. The number of carbonyl (C=O) groups excluding carboxylic acids is 1. The van der Waals surface area contributed by atoms with E-state index >= 15 is 0 Å². The Labute approximate surface area is 121 Å². The van der Waals surface area contributed by atoms with Crippen molar-refractivity contribution in [1.82, 2.24) is 0 Å². The van der Waals surface area contributed by atoms with Crippen molar-refractivity contribution in [2.24, 2.45) is 5.92 Å². The normalized spacial score (nSPS) is 13.6. The van der Waals surface area contributed by atoms with Gasteiger partial charge in [-0.1, -0.05) is 0 Å². The van der Waals surface area contributed by atoms with E-state index in [4.69, 9.17) is 18.9 Å². The fraction of sp³-hybridized carbons (Fsp3) is 0.429. The van der Waals surface area contributed by atoms with E-state index in [0.29, 0.717) is 22.8 Å². The molecule has 114 valence electrons. The number of carboxylic acids is 1. The number of benzene rings is 1. The predicted octanol–water partition coefficient (Wildman–Crippen LogP) is 1.23. The lowest BCUT2D eigenvalue weighted by Gasteiger charge is -2.14. The number of rotatable bonds is 6. The molecule has 1 atom stereocenters. The summed E-state index contributed by atoms with van der Waals surface area (Å²) >= 11 is 0. The van der Waals surface area contributed by atoms with Gasteiger partial charge in [0.25, 0.3) is 0 Å². The first-order chi connectivity index (χ1) is 10.1. The smallest absolute Gasteiger partial charge is 0.320 e. The monoisotopic (exact) mass is 296 g/mol. The van der Waals surface area contributed by atoms with Crippen molar-refractivity contribution in [1.29, 1.82) is 0 Å². The van der Waals surface area contributed by atoms with Crippen LogP contribution in [0.5, 0.6) is 17.2 Å². The van der Waals surface area contributed by atoms with Crippen molar-refractivity contribution in [3.63, 3.8) is 0 Å². The fourth-order valence-electron chi connectivity index (χ4n) is 2.05. The number of esters is 1. The number of methoxy groups -OCH3 is 1. The van der Waals surface area contributed by atoms with Crippen molar-refractivity contribution < 1.29 is 33.6 Å². The van der Waals surface area contributed by atoms with E-state index in [0.717, 1.165) is 0 Å². The van der Waals surface area contributed by atoms with Crippen LogP contribution < -0.4 is 14.2 Å². The van der Waals surface area contributed by atoms with Crippen LogP contribution in [0.3, 0.4) is 0 Å². The SMILES string of the molecule is CCOC(=O)C(Cc1cc2c(cc1OC)OCO2)C(=O)O. The van der Waals surface area contributed by atoms with E-state index in [-0.39, 0.29) is 19.8 Å². The van der Waals surface area contributed by atoms with Crippen LogP contribution in [0.4, 0.5) is 0 Å². The van der Waals surface area contributed by atoms with Crippen molar-refractivity contribution in [2.75, 3.05) is 20.5 Å². The zero-order valence-corrected chi connectivity index (χ0v) is 11.8. The maximum absolute atomic E-state index is 11.7. The second kappa shape index (κ2) is 6.34. The molecule has 1 N–H and O–H groups in total. The summed E-state index contributed by atoms with van der Waals surface area (Å²) in [6, 6.07) is 3.23. The number of carbonyl (C=O) groups is 2. The highest BCUT2D eigenvalue weighted by molar-refractivity contribution is 5.94. The Morgan fingerprint density at radius 1 is 1.33 bits per heavy atom. The maximum atomic E-state index is 11.7. The number of fused-ring (bicyclic) bond motifs is 1. The van der Waals surface area contributed by atoms with Gasteiger partial charge in [0, 0.05) is 12.5 Å². The lowest BCUT2D eigenvalue weighted by Crippen LogP contribution is -2.28. The summed E-state index contributed by atoms with van der Waals surface area (Å²) in [6.07, 6.45) is -0.0476. The Kier molecular flexibility index (Phi) is 4.52. The van der Waals surface area contributed by atoms with Gasteiger partial charge in [0.2, 0.25) is 6.79 Å². The highest BCUT2D eigenvalue weighted by atomic mass is 16.7. The molecule has 1 aromatic carbocycles. The Bertz CT molecular complexity index is 552. The van der Waals surface area contributed by atoms with Gasteiger partial charge in [-0.3, -0.25) is 9.59 Å². The number of ether oxygens (including phenoxy) is 4. The van der Waals surface area contributed by atoms with Crippen LogP contribution in [0.15, 0.2) is 12.1 Å². The minimum Gasteiger partial charge on any atom is -0.496 e. The highest BCUT2D eigenvalue weighted by Crippen LogP contribution is 2.38. The lowest BCUT2D eigenvalue weighted by molar-refractivity contribution is -0.158. The van der Waals surface area contributed by atoms with Crippen molar-refractivity contribution in [3.8, 4) is 17.2 Å². The highest BCUT2D eigenvalue weighted by Gasteiger charge is 2.30. The second-order valence-corrected chi connectivity index (χ2v) is 4.36. The average Bonchev–Trinajstić information content (AvgIpc) is 2.90. The summed E-state index contributed by atoms with van der Waals surface area (Å²) in [5, 5.41) is 9.19. The molecule has 0 radical (unpaired) electrons. The first kappa shape index (κ1) is 15.0. The van der Waals surface area contributed by atoms with Gasteiger partial charge < -0.3 is 24.1 Å². The summed E-state index contributed by atoms with van der Waals surface area (Å²) in [6.45, 7) is 1.85. The van der Waals surface area contributed by atoms with E-state index in [1.165, 1.54) is 7.11 Å². The van der Waals surface area contributed by atoms with Crippen LogP contribution in [0, 0.1) is 5.92 Å². The third-order valence-electron chi connectivity index (χ3n) is 3.07. The third-order valence-corrected chi connectivity index (χ3v) is 3.07. The van der Waals surface area contributed by atoms with Crippen LogP contribution in [0.2, 0.25) is 0 Å². The van der Waals surface area contributed by atoms with E-state index < -0.39 is 17.9 Å². The van der Waals surface area contributed by atoms with Gasteiger partial charge in [-0.05, 0) is 18.6 Å². The molecule has 0 amide bonds. The van der Waals surface area contributed by atoms with Crippen LogP contribution >= 0.6 is 0 Å². The Morgan fingerprint density at radius 3 is 2.57 bits per heavy atom. The molecule has 1 heterocycles. The molecule has 1 aliphatic heterocycles. The van der Waals surface area contributed by atoms with Gasteiger partial charge in [-0.15, -0.1) is 0 Å².